The first kappa shape index (κ1) is 17.4. The molecule has 0 saturated carbocycles. The summed E-state index contributed by atoms with van der Waals surface area (Å²) >= 11 is 0. The van der Waals surface area contributed by atoms with Gasteiger partial charge in [-0.25, -0.2) is 12.8 Å². The molecule has 0 fully saturated rings. The molecule has 1 aromatic carbocycles. The van der Waals surface area contributed by atoms with Crippen molar-refractivity contribution in [2.75, 3.05) is 37.4 Å². The van der Waals surface area contributed by atoms with Gasteiger partial charge < -0.3 is 10.1 Å². The van der Waals surface area contributed by atoms with Crippen molar-refractivity contribution in [3.8, 4) is 0 Å². The van der Waals surface area contributed by atoms with Gasteiger partial charge in [-0.1, -0.05) is 0 Å². The molecule has 8 heteroatoms. The third kappa shape index (κ3) is 6.09. The number of nitrogens with zero attached hydrogens (tertiary/aromatic N) is 1. The first-order chi connectivity index (χ1) is 9.84. The summed E-state index contributed by atoms with van der Waals surface area (Å²) in [6, 6.07) is 5.07. The van der Waals surface area contributed by atoms with Gasteiger partial charge in [0.15, 0.2) is 0 Å². The third-order valence-electron chi connectivity index (χ3n) is 2.69. The van der Waals surface area contributed by atoms with Gasteiger partial charge in [0, 0.05) is 26.6 Å². The lowest BCUT2D eigenvalue weighted by Gasteiger charge is -2.22. The van der Waals surface area contributed by atoms with Crippen LogP contribution in [-0.4, -0.2) is 47.4 Å². The molecular formula is C13H19FN2O4S. The predicted octanol–water partition coefficient (Wildman–Crippen LogP) is 0.744. The minimum absolute atomic E-state index is 0.00810. The van der Waals surface area contributed by atoms with Gasteiger partial charge in [-0.15, -0.1) is 0 Å². The zero-order chi connectivity index (χ0) is 15.9. The standard InChI is InChI=1S/C13H19FN2O4S/c1-20-10-8-15-13(17)7-9-16(21(2,18)19)12-5-3-11(14)4-6-12/h3-6H,7-10H2,1-2H3,(H,15,17). The number of hydrogen-bond acceptors (Lipinski definition) is 4. The Balaban J connectivity index is 2.68. The number of hydrogen-bond donors (Lipinski definition) is 1. The van der Waals surface area contributed by atoms with E-state index >= 15 is 0 Å². The second-order valence-electron chi connectivity index (χ2n) is 4.40. The van der Waals surface area contributed by atoms with Crippen molar-refractivity contribution < 1.29 is 22.3 Å². The van der Waals surface area contributed by atoms with Gasteiger partial charge in [0.25, 0.3) is 0 Å². The van der Waals surface area contributed by atoms with E-state index in [1.807, 2.05) is 0 Å². The van der Waals surface area contributed by atoms with E-state index in [-0.39, 0.29) is 18.9 Å². The highest BCUT2D eigenvalue weighted by molar-refractivity contribution is 7.92. The molecule has 0 radical (unpaired) electrons. The highest BCUT2D eigenvalue weighted by Gasteiger charge is 2.18. The van der Waals surface area contributed by atoms with Crippen molar-refractivity contribution in [3.63, 3.8) is 0 Å². The number of ether oxygens (including phenoxy) is 1. The Kier molecular flexibility index (Phi) is 6.57. The average molecular weight is 318 g/mol. The van der Waals surface area contributed by atoms with Crippen LogP contribution in [-0.2, 0) is 19.6 Å². The molecule has 1 N–H and O–H groups in total. The lowest BCUT2D eigenvalue weighted by molar-refractivity contribution is -0.121. The van der Waals surface area contributed by atoms with Gasteiger partial charge in [-0.2, -0.15) is 0 Å². The topological polar surface area (TPSA) is 75.7 Å². The molecule has 0 bridgehead atoms. The molecule has 1 aromatic rings. The third-order valence-corrected chi connectivity index (χ3v) is 3.88. The Bertz CT molecular complexity index is 560. The van der Waals surface area contributed by atoms with Gasteiger partial charge in [0.05, 0.1) is 18.6 Å². The molecule has 1 amide bonds. The van der Waals surface area contributed by atoms with Crippen molar-refractivity contribution in [1.29, 1.82) is 0 Å². The summed E-state index contributed by atoms with van der Waals surface area (Å²) in [6.07, 6.45) is 1.05. The molecule has 118 valence electrons. The summed E-state index contributed by atoms with van der Waals surface area (Å²) < 4.78 is 42.3. The second kappa shape index (κ2) is 7.94. The van der Waals surface area contributed by atoms with Crippen LogP contribution in [0.15, 0.2) is 24.3 Å². The van der Waals surface area contributed by atoms with E-state index in [0.717, 1.165) is 10.6 Å². The zero-order valence-corrected chi connectivity index (χ0v) is 12.8. The second-order valence-corrected chi connectivity index (χ2v) is 6.31. The lowest BCUT2D eigenvalue weighted by Crippen LogP contribution is -2.35. The van der Waals surface area contributed by atoms with Gasteiger partial charge in [0.2, 0.25) is 15.9 Å². The smallest absolute Gasteiger partial charge is 0.232 e. The summed E-state index contributed by atoms with van der Waals surface area (Å²) in [5.74, 6) is -0.729. The van der Waals surface area contributed by atoms with E-state index < -0.39 is 15.8 Å². The van der Waals surface area contributed by atoms with Crippen LogP contribution in [0.2, 0.25) is 0 Å². The molecule has 0 aromatic heterocycles. The summed E-state index contributed by atoms with van der Waals surface area (Å²) in [5.41, 5.74) is 0.323. The largest absolute Gasteiger partial charge is 0.383 e. The summed E-state index contributed by atoms with van der Waals surface area (Å²) in [4.78, 5) is 11.6. The number of benzene rings is 1. The van der Waals surface area contributed by atoms with Crippen molar-refractivity contribution >= 4 is 21.6 Å². The Morgan fingerprint density at radius 1 is 1.33 bits per heavy atom. The summed E-state index contributed by atoms with van der Waals surface area (Å²) in [6.45, 7) is 0.744. The van der Waals surface area contributed by atoms with E-state index in [9.17, 15) is 17.6 Å². The number of carbonyl (C=O) groups excluding carboxylic acids is 1. The molecule has 0 unspecified atom stereocenters. The maximum absolute atomic E-state index is 12.9. The van der Waals surface area contributed by atoms with Crippen LogP contribution >= 0.6 is 0 Å². The molecule has 0 atom stereocenters. The molecule has 6 nitrogen and oxygen atoms in total. The molecule has 1 rings (SSSR count). The van der Waals surface area contributed by atoms with Crippen LogP contribution in [0.5, 0.6) is 0 Å². The average Bonchev–Trinajstić information content (AvgIpc) is 2.40. The van der Waals surface area contributed by atoms with E-state index in [4.69, 9.17) is 4.74 Å². The molecule has 0 saturated heterocycles. The van der Waals surface area contributed by atoms with Crippen LogP contribution in [0, 0.1) is 5.82 Å². The van der Waals surface area contributed by atoms with Crippen LogP contribution in [0.4, 0.5) is 10.1 Å². The van der Waals surface area contributed by atoms with E-state index in [0.29, 0.717) is 18.8 Å². The van der Waals surface area contributed by atoms with E-state index in [1.165, 1.54) is 31.4 Å². The summed E-state index contributed by atoms with van der Waals surface area (Å²) in [7, 11) is -2.03. The Hall–Kier alpha value is -1.67. The maximum atomic E-state index is 12.9. The zero-order valence-electron chi connectivity index (χ0n) is 12.0. The fraction of sp³-hybridized carbons (Fsp3) is 0.462. The number of nitrogens with one attached hydrogen (secondary N) is 1. The molecular weight excluding hydrogens is 299 g/mol. The monoisotopic (exact) mass is 318 g/mol. The van der Waals surface area contributed by atoms with Crippen LogP contribution in [0.1, 0.15) is 6.42 Å². The molecule has 0 heterocycles. The molecule has 21 heavy (non-hydrogen) atoms. The lowest BCUT2D eigenvalue weighted by atomic mass is 10.3. The first-order valence-electron chi connectivity index (χ1n) is 6.33. The SMILES string of the molecule is COCCNC(=O)CCN(c1ccc(F)cc1)S(C)(=O)=O. The number of rotatable bonds is 8. The van der Waals surface area contributed by atoms with Crippen LogP contribution in [0.25, 0.3) is 0 Å². The minimum atomic E-state index is -3.55. The van der Waals surface area contributed by atoms with Gasteiger partial charge in [0.1, 0.15) is 5.82 Å². The molecule has 0 aliphatic heterocycles. The first-order valence-corrected chi connectivity index (χ1v) is 8.18. The van der Waals surface area contributed by atoms with Crippen molar-refractivity contribution in [1.82, 2.24) is 5.32 Å². The van der Waals surface area contributed by atoms with Crippen molar-refractivity contribution in [2.45, 2.75) is 6.42 Å². The van der Waals surface area contributed by atoms with Gasteiger partial charge in [-0.3, -0.25) is 9.10 Å². The Morgan fingerprint density at radius 3 is 2.48 bits per heavy atom. The normalized spacial score (nSPS) is 11.2. The fourth-order valence-corrected chi connectivity index (χ4v) is 2.61. The highest BCUT2D eigenvalue weighted by atomic mass is 32.2. The summed E-state index contributed by atoms with van der Waals surface area (Å²) in [5, 5.41) is 2.61. The molecule has 0 aliphatic rings. The van der Waals surface area contributed by atoms with Crippen LogP contribution < -0.4 is 9.62 Å². The maximum Gasteiger partial charge on any atom is 0.232 e. The van der Waals surface area contributed by atoms with E-state index in [2.05, 4.69) is 5.32 Å². The minimum Gasteiger partial charge on any atom is -0.383 e. The quantitative estimate of drug-likeness (QED) is 0.718. The number of halogens is 1. The number of carbonyl (C=O) groups is 1. The number of amides is 1. The van der Waals surface area contributed by atoms with Crippen molar-refractivity contribution in [3.05, 3.63) is 30.1 Å². The number of anilines is 1. The van der Waals surface area contributed by atoms with Gasteiger partial charge in [-0.05, 0) is 24.3 Å². The van der Waals surface area contributed by atoms with Crippen LogP contribution in [0.3, 0.4) is 0 Å². The highest BCUT2D eigenvalue weighted by Crippen LogP contribution is 2.18. The number of methoxy groups -OCH3 is 1. The Labute approximate surface area is 123 Å². The number of sulfonamides is 1. The van der Waals surface area contributed by atoms with Gasteiger partial charge >= 0.3 is 0 Å². The molecule has 0 spiro atoms. The van der Waals surface area contributed by atoms with Crippen molar-refractivity contribution in [2.24, 2.45) is 0 Å². The fourth-order valence-electron chi connectivity index (χ4n) is 1.68. The molecule has 0 aliphatic carbocycles. The Morgan fingerprint density at radius 2 is 1.95 bits per heavy atom. The van der Waals surface area contributed by atoms with E-state index in [1.54, 1.807) is 0 Å². The predicted molar refractivity (Wildman–Crippen MR) is 78.1 cm³/mol.